The van der Waals surface area contributed by atoms with E-state index in [4.69, 9.17) is 0 Å². The zero-order valence-corrected chi connectivity index (χ0v) is 16.6. The second-order valence-electron chi connectivity index (χ2n) is 5.49. The number of hydrogen-bond acceptors (Lipinski definition) is 8. The molecule has 12 heteroatoms. The zero-order chi connectivity index (χ0) is 20.6. The van der Waals surface area contributed by atoms with E-state index >= 15 is 0 Å². The van der Waals surface area contributed by atoms with Crippen molar-refractivity contribution >= 4 is 32.2 Å². The van der Waals surface area contributed by atoms with Crippen molar-refractivity contribution in [1.29, 1.82) is 0 Å². The fraction of sp³-hybridized carbons (Fsp3) is 0.857. The van der Waals surface area contributed by atoms with Gasteiger partial charge in [-0.25, -0.2) is 4.79 Å². The normalized spacial score (nSPS) is 13.9. The summed E-state index contributed by atoms with van der Waals surface area (Å²) in [6.45, 7) is 3.86. The molecule has 0 saturated carbocycles. The van der Waals surface area contributed by atoms with Crippen molar-refractivity contribution in [1.82, 2.24) is 0 Å². The molecule has 1 atom stereocenters. The highest BCUT2D eigenvalue weighted by molar-refractivity contribution is 8.06. The molecule has 0 spiro atoms. The molecule has 2 N–H and O–H groups in total. The van der Waals surface area contributed by atoms with Crippen LogP contribution in [-0.4, -0.2) is 55.2 Å². The standard InChI is InChI=1S/C14H26O10S2/c1-4-7-8-9-10-11(12(15)23-5-2)14(25(17,18)19,26(20,21)22)13(16)24-6-3/h11H,4-10H2,1-3H3,(H,17,18,19)(H,20,21,22). The summed E-state index contributed by atoms with van der Waals surface area (Å²) in [6.07, 6.45) is 1.73. The molecule has 154 valence electrons. The predicted octanol–water partition coefficient (Wildman–Crippen LogP) is 1.17. The molecule has 0 aromatic heterocycles. The first-order valence-corrected chi connectivity index (χ1v) is 11.1. The first-order valence-electron chi connectivity index (χ1n) is 8.19. The lowest BCUT2D eigenvalue weighted by atomic mass is 9.96. The molecular weight excluding hydrogens is 392 g/mol. The van der Waals surface area contributed by atoms with Crippen LogP contribution in [0.3, 0.4) is 0 Å². The van der Waals surface area contributed by atoms with Crippen LogP contribution in [-0.2, 0) is 39.3 Å². The van der Waals surface area contributed by atoms with Gasteiger partial charge in [-0.3, -0.25) is 13.9 Å². The van der Waals surface area contributed by atoms with Gasteiger partial charge in [0, 0.05) is 0 Å². The average Bonchev–Trinajstić information content (AvgIpc) is 2.47. The molecule has 0 aliphatic rings. The third-order valence-corrected chi connectivity index (χ3v) is 7.40. The Balaban J connectivity index is 6.49. The Morgan fingerprint density at radius 1 is 0.885 bits per heavy atom. The van der Waals surface area contributed by atoms with E-state index in [1.165, 1.54) is 13.8 Å². The van der Waals surface area contributed by atoms with Crippen molar-refractivity contribution < 1.29 is 45.0 Å². The SMILES string of the molecule is CCCCCCC(C(=O)OCC)C(C(=O)OCC)(S(=O)(=O)O)S(=O)(=O)O. The number of esters is 2. The van der Waals surface area contributed by atoms with Gasteiger partial charge in [-0.1, -0.05) is 32.6 Å². The Morgan fingerprint density at radius 3 is 1.77 bits per heavy atom. The lowest BCUT2D eigenvalue weighted by Crippen LogP contribution is -2.61. The van der Waals surface area contributed by atoms with Crippen molar-refractivity contribution in [2.75, 3.05) is 13.2 Å². The minimum Gasteiger partial charge on any atom is -0.466 e. The summed E-state index contributed by atoms with van der Waals surface area (Å²) in [4.78, 5) is 24.6. The Labute approximate surface area is 153 Å². The van der Waals surface area contributed by atoms with Crippen LogP contribution in [0.2, 0.25) is 0 Å². The van der Waals surface area contributed by atoms with Crippen LogP contribution < -0.4 is 0 Å². The predicted molar refractivity (Wildman–Crippen MR) is 91.3 cm³/mol. The Bertz CT molecular complexity index is 649. The van der Waals surface area contributed by atoms with Gasteiger partial charge >= 0.3 is 16.0 Å². The molecule has 26 heavy (non-hydrogen) atoms. The van der Waals surface area contributed by atoms with Gasteiger partial charge in [0.05, 0.1) is 13.2 Å². The molecule has 0 saturated heterocycles. The molecule has 10 nitrogen and oxygen atoms in total. The van der Waals surface area contributed by atoms with Crippen LogP contribution in [0.5, 0.6) is 0 Å². The quantitative estimate of drug-likeness (QED) is 0.267. The van der Waals surface area contributed by atoms with Crippen molar-refractivity contribution in [2.45, 2.75) is 57.0 Å². The second-order valence-corrected chi connectivity index (χ2v) is 8.94. The van der Waals surface area contributed by atoms with Gasteiger partial charge in [-0.2, -0.15) is 16.8 Å². The van der Waals surface area contributed by atoms with E-state index in [0.29, 0.717) is 12.8 Å². The van der Waals surface area contributed by atoms with Gasteiger partial charge in [0.15, 0.2) is 0 Å². The molecule has 0 radical (unpaired) electrons. The topological polar surface area (TPSA) is 161 Å². The molecule has 0 bridgehead atoms. The molecule has 0 amide bonds. The fourth-order valence-electron chi connectivity index (χ4n) is 2.56. The van der Waals surface area contributed by atoms with Crippen molar-refractivity contribution in [3.05, 3.63) is 0 Å². The smallest absolute Gasteiger partial charge is 0.349 e. The first kappa shape index (κ1) is 24.8. The highest BCUT2D eigenvalue weighted by atomic mass is 32.3. The van der Waals surface area contributed by atoms with E-state index in [1.807, 2.05) is 6.92 Å². The number of hydrogen-bond donors (Lipinski definition) is 2. The molecule has 0 aliphatic carbocycles. The van der Waals surface area contributed by atoms with E-state index in [9.17, 15) is 35.5 Å². The highest BCUT2D eigenvalue weighted by Gasteiger charge is 2.70. The van der Waals surface area contributed by atoms with Crippen LogP contribution in [0.25, 0.3) is 0 Å². The summed E-state index contributed by atoms with van der Waals surface area (Å²) in [6, 6.07) is 0. The minimum atomic E-state index is -5.82. The summed E-state index contributed by atoms with van der Waals surface area (Å²) in [5.74, 6) is -5.51. The number of rotatable bonds is 12. The number of unbranched alkanes of at least 4 members (excludes halogenated alkanes) is 3. The van der Waals surface area contributed by atoms with Crippen LogP contribution in [0.1, 0.15) is 52.9 Å². The lowest BCUT2D eigenvalue weighted by Gasteiger charge is -2.31. The van der Waals surface area contributed by atoms with Gasteiger partial charge in [0.1, 0.15) is 5.92 Å². The van der Waals surface area contributed by atoms with Crippen molar-refractivity contribution in [2.24, 2.45) is 5.92 Å². The molecule has 0 aromatic rings. The third kappa shape index (κ3) is 5.38. The van der Waals surface area contributed by atoms with Crippen LogP contribution in [0.4, 0.5) is 0 Å². The van der Waals surface area contributed by atoms with E-state index < -0.39 is 55.2 Å². The minimum absolute atomic E-state index is 0.156. The van der Waals surface area contributed by atoms with Gasteiger partial charge in [-0.05, 0) is 20.3 Å². The average molecular weight is 418 g/mol. The maximum Gasteiger partial charge on any atom is 0.349 e. The molecule has 1 unspecified atom stereocenters. The summed E-state index contributed by atoms with van der Waals surface area (Å²) >= 11 is 0. The first-order chi connectivity index (χ1) is 11.9. The lowest BCUT2D eigenvalue weighted by molar-refractivity contribution is -0.156. The van der Waals surface area contributed by atoms with Gasteiger partial charge in [0.2, 0.25) is 0 Å². The maximum atomic E-state index is 12.3. The summed E-state index contributed by atoms with van der Waals surface area (Å²) in [5.41, 5.74) is 0. The maximum absolute atomic E-state index is 12.3. The zero-order valence-electron chi connectivity index (χ0n) is 15.0. The van der Waals surface area contributed by atoms with Crippen LogP contribution in [0, 0.1) is 5.92 Å². The van der Waals surface area contributed by atoms with Crippen LogP contribution in [0.15, 0.2) is 0 Å². The van der Waals surface area contributed by atoms with Crippen molar-refractivity contribution in [3.63, 3.8) is 0 Å². The molecule has 0 rings (SSSR count). The monoisotopic (exact) mass is 418 g/mol. The number of carbonyl (C=O) groups excluding carboxylic acids is 2. The van der Waals surface area contributed by atoms with Gasteiger partial charge in [-0.15, -0.1) is 0 Å². The molecule has 0 aliphatic heterocycles. The van der Waals surface area contributed by atoms with E-state index in [1.54, 1.807) is 0 Å². The fourth-order valence-corrected chi connectivity index (χ4v) is 5.31. The molecule has 0 aromatic carbocycles. The Kier molecular flexibility index (Phi) is 9.70. The van der Waals surface area contributed by atoms with E-state index in [0.717, 1.165) is 6.42 Å². The van der Waals surface area contributed by atoms with Gasteiger partial charge < -0.3 is 9.47 Å². The molecule has 0 heterocycles. The molecular formula is C14H26O10S2. The Hall–Kier alpha value is -1.24. The van der Waals surface area contributed by atoms with E-state index in [-0.39, 0.29) is 13.0 Å². The van der Waals surface area contributed by atoms with Gasteiger partial charge in [0.25, 0.3) is 20.2 Å². The third-order valence-electron chi connectivity index (χ3n) is 3.70. The van der Waals surface area contributed by atoms with Crippen molar-refractivity contribution in [3.8, 4) is 0 Å². The van der Waals surface area contributed by atoms with Crippen LogP contribution >= 0.6 is 0 Å². The van der Waals surface area contributed by atoms with E-state index in [2.05, 4.69) is 9.47 Å². The Morgan fingerprint density at radius 2 is 1.38 bits per heavy atom. The number of ether oxygens (including phenoxy) is 2. The largest absolute Gasteiger partial charge is 0.466 e. The molecule has 0 fully saturated rings. The number of carbonyl (C=O) groups is 2. The second kappa shape index (κ2) is 10.2. The summed E-state index contributed by atoms with van der Waals surface area (Å²) < 4.78 is 72.3. The highest BCUT2D eigenvalue weighted by Crippen LogP contribution is 2.38. The summed E-state index contributed by atoms with van der Waals surface area (Å²) in [5, 5.41) is 0. The summed E-state index contributed by atoms with van der Waals surface area (Å²) in [7, 11) is -11.6.